The van der Waals surface area contributed by atoms with Crippen LogP contribution in [0.25, 0.3) is 0 Å². The van der Waals surface area contributed by atoms with Crippen LogP contribution in [0, 0.1) is 0 Å². The van der Waals surface area contributed by atoms with Crippen molar-refractivity contribution in [1.82, 2.24) is 0 Å². The lowest BCUT2D eigenvalue weighted by Crippen LogP contribution is -2.07. The predicted octanol–water partition coefficient (Wildman–Crippen LogP) is 3.94. The highest BCUT2D eigenvalue weighted by Gasteiger charge is 2.13. The Bertz CT molecular complexity index is 621. The van der Waals surface area contributed by atoms with Crippen LogP contribution in [-0.2, 0) is 0 Å². The number of carbonyl (C=O) groups excluding carboxylic acids is 1. The first-order valence-corrected chi connectivity index (χ1v) is 6.71. The van der Waals surface area contributed by atoms with E-state index in [1.165, 1.54) is 0 Å². The quantitative estimate of drug-likeness (QED) is 0.685. The smallest absolute Gasteiger partial charge is 0.194 e. The molecule has 0 unspecified atom stereocenters. The summed E-state index contributed by atoms with van der Waals surface area (Å²) in [4.78, 5) is 12.3. The van der Waals surface area contributed by atoms with E-state index in [-0.39, 0.29) is 11.9 Å². The van der Waals surface area contributed by atoms with E-state index in [0.29, 0.717) is 27.6 Å². The van der Waals surface area contributed by atoms with Gasteiger partial charge in [0.1, 0.15) is 5.75 Å². The maximum Gasteiger partial charge on any atom is 0.194 e. The fourth-order valence-corrected chi connectivity index (χ4v) is 2.07. The number of anilines is 1. The number of hydrogen-bond donors (Lipinski definition) is 1. The van der Waals surface area contributed by atoms with Gasteiger partial charge in [-0.3, -0.25) is 4.79 Å². The molecule has 0 saturated heterocycles. The molecular weight excluding hydrogens is 274 g/mol. The minimum Gasteiger partial charge on any atom is -0.491 e. The summed E-state index contributed by atoms with van der Waals surface area (Å²) in [6.45, 7) is 3.86. The molecule has 0 aromatic heterocycles. The van der Waals surface area contributed by atoms with Crippen LogP contribution in [0.5, 0.6) is 5.75 Å². The van der Waals surface area contributed by atoms with Gasteiger partial charge in [-0.15, -0.1) is 0 Å². The normalized spacial score (nSPS) is 10.6. The molecule has 0 aliphatic carbocycles. The van der Waals surface area contributed by atoms with Gasteiger partial charge < -0.3 is 10.5 Å². The van der Waals surface area contributed by atoms with E-state index in [0.717, 1.165) is 0 Å². The van der Waals surface area contributed by atoms with Crippen molar-refractivity contribution in [3.8, 4) is 5.75 Å². The maximum absolute atomic E-state index is 12.3. The van der Waals surface area contributed by atoms with E-state index in [9.17, 15) is 4.79 Å². The minimum absolute atomic E-state index is 0.0599. The number of ether oxygens (including phenoxy) is 1. The van der Waals surface area contributed by atoms with Gasteiger partial charge >= 0.3 is 0 Å². The molecule has 0 spiro atoms. The molecule has 4 heteroatoms. The molecule has 0 bridgehead atoms. The molecule has 2 aromatic carbocycles. The fourth-order valence-electron chi connectivity index (χ4n) is 1.82. The molecule has 0 saturated carbocycles. The first-order valence-electron chi connectivity index (χ1n) is 6.34. The molecule has 0 aliphatic rings. The Morgan fingerprint density at radius 2 is 1.80 bits per heavy atom. The lowest BCUT2D eigenvalue weighted by Gasteiger charge is -2.11. The van der Waals surface area contributed by atoms with Crippen molar-refractivity contribution < 1.29 is 9.53 Å². The van der Waals surface area contributed by atoms with E-state index < -0.39 is 0 Å². The second-order valence-corrected chi connectivity index (χ2v) is 5.17. The summed E-state index contributed by atoms with van der Waals surface area (Å²) in [5, 5.41) is 0.380. The van der Waals surface area contributed by atoms with Crippen molar-refractivity contribution in [1.29, 1.82) is 0 Å². The number of nitrogens with two attached hydrogens (primary N) is 1. The number of carbonyl (C=O) groups is 1. The van der Waals surface area contributed by atoms with Gasteiger partial charge in [-0.25, -0.2) is 0 Å². The summed E-state index contributed by atoms with van der Waals surface area (Å²) in [7, 11) is 0. The highest BCUT2D eigenvalue weighted by atomic mass is 35.5. The zero-order valence-electron chi connectivity index (χ0n) is 11.4. The Balaban J connectivity index is 2.28. The van der Waals surface area contributed by atoms with Crippen molar-refractivity contribution >= 4 is 23.1 Å². The molecule has 2 aromatic rings. The van der Waals surface area contributed by atoms with Crippen LogP contribution in [0.3, 0.4) is 0 Å². The molecule has 20 heavy (non-hydrogen) atoms. The summed E-state index contributed by atoms with van der Waals surface area (Å²) in [5.74, 6) is 0.518. The predicted molar refractivity (Wildman–Crippen MR) is 81.5 cm³/mol. The second-order valence-electron chi connectivity index (χ2n) is 4.76. The molecule has 0 fully saturated rings. The molecule has 0 atom stereocenters. The Hall–Kier alpha value is -2.00. The Morgan fingerprint density at radius 3 is 2.35 bits per heavy atom. The van der Waals surface area contributed by atoms with E-state index in [1.807, 2.05) is 13.8 Å². The van der Waals surface area contributed by atoms with Gasteiger partial charge in [-0.1, -0.05) is 11.6 Å². The third-order valence-corrected chi connectivity index (χ3v) is 3.04. The summed E-state index contributed by atoms with van der Waals surface area (Å²) in [6.07, 6.45) is 0.0599. The van der Waals surface area contributed by atoms with Crippen LogP contribution < -0.4 is 10.5 Å². The number of benzene rings is 2. The molecule has 0 aliphatic heterocycles. The molecule has 0 amide bonds. The number of ketones is 1. The lowest BCUT2D eigenvalue weighted by molar-refractivity contribution is 0.103. The summed E-state index contributed by atoms with van der Waals surface area (Å²) < 4.78 is 5.54. The molecule has 2 rings (SSSR count). The largest absolute Gasteiger partial charge is 0.491 e. The Labute approximate surface area is 123 Å². The van der Waals surface area contributed by atoms with E-state index >= 15 is 0 Å². The highest BCUT2D eigenvalue weighted by Crippen LogP contribution is 2.25. The second kappa shape index (κ2) is 5.97. The third-order valence-electron chi connectivity index (χ3n) is 2.73. The molecule has 3 nitrogen and oxygen atoms in total. The van der Waals surface area contributed by atoms with Crippen molar-refractivity contribution in [3.05, 3.63) is 58.6 Å². The van der Waals surface area contributed by atoms with Gasteiger partial charge in [0, 0.05) is 16.8 Å². The lowest BCUT2D eigenvalue weighted by atomic mass is 10.0. The summed E-state index contributed by atoms with van der Waals surface area (Å²) in [6, 6.07) is 11.8. The van der Waals surface area contributed by atoms with E-state index in [4.69, 9.17) is 22.1 Å². The van der Waals surface area contributed by atoms with Crippen LogP contribution >= 0.6 is 11.6 Å². The molecule has 0 heterocycles. The summed E-state index contributed by atoms with van der Waals surface area (Å²) in [5.41, 5.74) is 7.23. The maximum atomic E-state index is 12.3. The minimum atomic E-state index is -0.133. The van der Waals surface area contributed by atoms with Crippen LogP contribution in [0.2, 0.25) is 5.02 Å². The first kappa shape index (κ1) is 14.4. The van der Waals surface area contributed by atoms with Crippen LogP contribution in [0.4, 0.5) is 5.69 Å². The van der Waals surface area contributed by atoms with Crippen LogP contribution in [0.1, 0.15) is 29.8 Å². The topological polar surface area (TPSA) is 52.3 Å². The molecular formula is C16H16ClNO2. The Kier molecular flexibility index (Phi) is 4.30. The molecule has 104 valence electrons. The number of rotatable bonds is 4. The summed E-state index contributed by atoms with van der Waals surface area (Å²) >= 11 is 6.16. The van der Waals surface area contributed by atoms with Crippen molar-refractivity contribution in [3.63, 3.8) is 0 Å². The molecule has 2 N–H and O–H groups in total. The van der Waals surface area contributed by atoms with E-state index in [2.05, 4.69) is 0 Å². The number of halogens is 1. The van der Waals surface area contributed by atoms with Gasteiger partial charge in [0.25, 0.3) is 0 Å². The number of hydrogen-bond acceptors (Lipinski definition) is 3. The third kappa shape index (κ3) is 3.31. The SMILES string of the molecule is CC(C)Oc1ccc(C(=O)c2ccc(N)cc2)c(Cl)c1. The number of nitrogen functional groups attached to an aromatic ring is 1. The van der Waals surface area contributed by atoms with Crippen molar-refractivity contribution in [2.24, 2.45) is 0 Å². The zero-order valence-corrected chi connectivity index (χ0v) is 12.1. The first-order chi connectivity index (χ1) is 9.47. The average molecular weight is 290 g/mol. The highest BCUT2D eigenvalue weighted by molar-refractivity contribution is 6.35. The Morgan fingerprint density at radius 1 is 1.15 bits per heavy atom. The van der Waals surface area contributed by atoms with Gasteiger partial charge in [0.2, 0.25) is 0 Å². The van der Waals surface area contributed by atoms with Gasteiger partial charge in [0.15, 0.2) is 5.78 Å². The molecule has 0 radical (unpaired) electrons. The van der Waals surface area contributed by atoms with Gasteiger partial charge in [0.05, 0.1) is 11.1 Å². The van der Waals surface area contributed by atoms with Crippen molar-refractivity contribution in [2.45, 2.75) is 20.0 Å². The zero-order chi connectivity index (χ0) is 14.7. The van der Waals surface area contributed by atoms with Crippen LogP contribution in [0.15, 0.2) is 42.5 Å². The van der Waals surface area contributed by atoms with Crippen LogP contribution in [-0.4, -0.2) is 11.9 Å². The van der Waals surface area contributed by atoms with Gasteiger partial charge in [-0.05, 0) is 56.3 Å². The standard InChI is InChI=1S/C16H16ClNO2/c1-10(2)20-13-7-8-14(15(17)9-13)16(19)11-3-5-12(18)6-4-11/h3-10H,18H2,1-2H3. The fraction of sp³-hybridized carbons (Fsp3) is 0.188. The van der Waals surface area contributed by atoms with E-state index in [1.54, 1.807) is 42.5 Å². The average Bonchev–Trinajstić information content (AvgIpc) is 2.38. The monoisotopic (exact) mass is 289 g/mol. The van der Waals surface area contributed by atoms with Gasteiger partial charge in [-0.2, -0.15) is 0 Å². The van der Waals surface area contributed by atoms with Crippen molar-refractivity contribution in [2.75, 3.05) is 5.73 Å².